The van der Waals surface area contributed by atoms with Crippen LogP contribution in [0.1, 0.15) is 12.8 Å². The van der Waals surface area contributed by atoms with E-state index in [-0.39, 0.29) is 9.79 Å². The van der Waals surface area contributed by atoms with Crippen molar-refractivity contribution in [2.75, 3.05) is 27.2 Å². The number of benzene rings is 1. The third-order valence-corrected chi connectivity index (χ3v) is 6.99. The molecule has 1 heterocycles. The fourth-order valence-electron chi connectivity index (χ4n) is 2.08. The molecule has 8 heteroatoms. The van der Waals surface area contributed by atoms with Crippen LogP contribution in [0.3, 0.4) is 0 Å². The summed E-state index contributed by atoms with van der Waals surface area (Å²) in [6.45, 7) is 0.986. The van der Waals surface area contributed by atoms with Gasteiger partial charge in [0.2, 0.25) is 20.0 Å². The second-order valence-corrected chi connectivity index (χ2v) is 8.96. The highest BCUT2D eigenvalue weighted by molar-refractivity contribution is 7.90. The van der Waals surface area contributed by atoms with Crippen LogP contribution in [0.25, 0.3) is 0 Å². The van der Waals surface area contributed by atoms with Gasteiger partial charge in [-0.25, -0.2) is 21.1 Å². The Morgan fingerprint density at radius 2 is 1.55 bits per heavy atom. The van der Waals surface area contributed by atoms with Gasteiger partial charge in [-0.1, -0.05) is 6.07 Å². The summed E-state index contributed by atoms with van der Waals surface area (Å²) in [6.07, 6.45) is 1.68. The Balaban J connectivity index is 2.45. The van der Waals surface area contributed by atoms with Gasteiger partial charge in [0, 0.05) is 27.2 Å². The summed E-state index contributed by atoms with van der Waals surface area (Å²) in [6, 6.07) is 5.52. The van der Waals surface area contributed by atoms with E-state index in [9.17, 15) is 16.8 Å². The Bertz CT molecular complexity index is 690. The van der Waals surface area contributed by atoms with Gasteiger partial charge < -0.3 is 0 Å². The molecule has 0 unspecified atom stereocenters. The van der Waals surface area contributed by atoms with Gasteiger partial charge in [-0.2, -0.15) is 4.31 Å². The molecular formula is C12H18N2O4S2. The van der Waals surface area contributed by atoms with Gasteiger partial charge in [-0.15, -0.1) is 0 Å². The van der Waals surface area contributed by atoms with E-state index in [0.29, 0.717) is 13.1 Å². The second kappa shape index (κ2) is 5.44. The zero-order valence-corrected chi connectivity index (χ0v) is 13.1. The van der Waals surface area contributed by atoms with E-state index in [2.05, 4.69) is 0 Å². The minimum Gasteiger partial charge on any atom is -0.207 e. The molecule has 20 heavy (non-hydrogen) atoms. The minimum absolute atomic E-state index is 0.0113. The van der Waals surface area contributed by atoms with Crippen LogP contribution in [0, 0.1) is 0 Å². The highest BCUT2D eigenvalue weighted by atomic mass is 32.2. The predicted molar refractivity (Wildman–Crippen MR) is 75.3 cm³/mol. The lowest BCUT2D eigenvalue weighted by atomic mass is 10.4. The van der Waals surface area contributed by atoms with Crippen LogP contribution in [0.15, 0.2) is 34.1 Å². The van der Waals surface area contributed by atoms with Crippen LogP contribution in [-0.2, 0) is 20.0 Å². The largest absolute Gasteiger partial charge is 0.243 e. The standard InChI is InChI=1S/C12H18N2O4S2/c1-13(2)19(15,16)11-6-5-7-12(10-11)20(17,18)14-8-3-4-9-14/h5-7,10H,3-4,8-9H2,1-2H3. The van der Waals surface area contributed by atoms with Gasteiger partial charge in [0.25, 0.3) is 0 Å². The quantitative estimate of drug-likeness (QED) is 0.820. The zero-order chi connectivity index (χ0) is 15.0. The van der Waals surface area contributed by atoms with Gasteiger partial charge in [-0.05, 0) is 31.0 Å². The van der Waals surface area contributed by atoms with Crippen molar-refractivity contribution in [3.05, 3.63) is 24.3 Å². The molecule has 1 saturated heterocycles. The number of sulfonamides is 2. The summed E-state index contributed by atoms with van der Waals surface area (Å²) < 4.78 is 51.4. The maximum Gasteiger partial charge on any atom is 0.243 e. The molecule has 0 bridgehead atoms. The maximum atomic E-state index is 12.4. The number of hydrogen-bond acceptors (Lipinski definition) is 4. The van der Waals surface area contributed by atoms with Crippen LogP contribution < -0.4 is 0 Å². The van der Waals surface area contributed by atoms with Crippen molar-refractivity contribution in [3.63, 3.8) is 0 Å². The van der Waals surface area contributed by atoms with Crippen molar-refractivity contribution in [2.45, 2.75) is 22.6 Å². The summed E-state index contributed by atoms with van der Waals surface area (Å²) in [7, 11) is -4.40. The smallest absolute Gasteiger partial charge is 0.207 e. The average Bonchev–Trinajstić information content (AvgIpc) is 2.93. The molecule has 1 aromatic carbocycles. The monoisotopic (exact) mass is 318 g/mol. The van der Waals surface area contributed by atoms with E-state index in [1.165, 1.54) is 42.7 Å². The third-order valence-electron chi connectivity index (χ3n) is 3.29. The van der Waals surface area contributed by atoms with E-state index in [4.69, 9.17) is 0 Å². The zero-order valence-electron chi connectivity index (χ0n) is 11.5. The first-order chi connectivity index (χ1) is 9.26. The highest BCUT2D eigenvalue weighted by Gasteiger charge is 2.28. The van der Waals surface area contributed by atoms with Crippen molar-refractivity contribution in [3.8, 4) is 0 Å². The molecule has 0 amide bonds. The number of rotatable bonds is 4. The Kier molecular flexibility index (Phi) is 4.19. The molecule has 0 N–H and O–H groups in total. The highest BCUT2D eigenvalue weighted by Crippen LogP contribution is 2.23. The van der Waals surface area contributed by atoms with Crippen molar-refractivity contribution < 1.29 is 16.8 Å². The van der Waals surface area contributed by atoms with E-state index < -0.39 is 20.0 Å². The summed E-state index contributed by atoms with van der Waals surface area (Å²) in [5.74, 6) is 0. The minimum atomic E-state index is -3.63. The molecule has 0 atom stereocenters. The van der Waals surface area contributed by atoms with Crippen molar-refractivity contribution in [1.82, 2.24) is 8.61 Å². The summed E-state index contributed by atoms with van der Waals surface area (Å²) in [5.41, 5.74) is 0. The van der Waals surface area contributed by atoms with Crippen LogP contribution in [0.2, 0.25) is 0 Å². The van der Waals surface area contributed by atoms with Gasteiger partial charge in [0.05, 0.1) is 9.79 Å². The topological polar surface area (TPSA) is 74.8 Å². The first-order valence-corrected chi connectivity index (χ1v) is 9.17. The number of hydrogen-bond donors (Lipinski definition) is 0. The predicted octanol–water partition coefficient (Wildman–Crippen LogP) is 0.721. The first-order valence-electron chi connectivity index (χ1n) is 6.29. The van der Waals surface area contributed by atoms with Crippen LogP contribution in [-0.4, -0.2) is 52.6 Å². The third kappa shape index (κ3) is 2.73. The molecule has 6 nitrogen and oxygen atoms in total. The Hall–Kier alpha value is -0.960. The average molecular weight is 318 g/mol. The fourth-order valence-corrected chi connectivity index (χ4v) is 4.67. The Morgan fingerprint density at radius 3 is 2.10 bits per heavy atom. The summed E-state index contributed by atoms with van der Waals surface area (Å²) >= 11 is 0. The first kappa shape index (κ1) is 15.4. The molecule has 0 radical (unpaired) electrons. The molecule has 1 fully saturated rings. The van der Waals surface area contributed by atoms with Gasteiger partial charge in [0.1, 0.15) is 0 Å². The van der Waals surface area contributed by atoms with E-state index >= 15 is 0 Å². The van der Waals surface area contributed by atoms with Gasteiger partial charge in [0.15, 0.2) is 0 Å². The SMILES string of the molecule is CN(C)S(=O)(=O)c1cccc(S(=O)(=O)N2CCCC2)c1. The van der Waals surface area contributed by atoms with E-state index in [1.54, 1.807) is 0 Å². The molecular weight excluding hydrogens is 300 g/mol. The molecule has 0 aromatic heterocycles. The number of nitrogens with zero attached hydrogens (tertiary/aromatic N) is 2. The van der Waals surface area contributed by atoms with Crippen molar-refractivity contribution >= 4 is 20.0 Å². The lowest BCUT2D eigenvalue weighted by Gasteiger charge is -2.17. The summed E-state index contributed by atoms with van der Waals surface area (Å²) in [4.78, 5) is 0.0186. The van der Waals surface area contributed by atoms with Crippen LogP contribution in [0.4, 0.5) is 0 Å². The van der Waals surface area contributed by atoms with E-state index in [1.807, 2.05) is 0 Å². The van der Waals surface area contributed by atoms with Crippen LogP contribution in [0.5, 0.6) is 0 Å². The molecule has 1 aliphatic rings. The van der Waals surface area contributed by atoms with Crippen molar-refractivity contribution in [1.29, 1.82) is 0 Å². The Morgan fingerprint density at radius 1 is 1.00 bits per heavy atom. The van der Waals surface area contributed by atoms with Crippen LogP contribution >= 0.6 is 0 Å². The molecule has 0 spiro atoms. The molecule has 0 aliphatic carbocycles. The second-order valence-electron chi connectivity index (χ2n) is 4.87. The van der Waals surface area contributed by atoms with E-state index in [0.717, 1.165) is 17.1 Å². The lowest BCUT2D eigenvalue weighted by molar-refractivity contribution is 0.477. The lowest BCUT2D eigenvalue weighted by Crippen LogP contribution is -2.28. The molecule has 112 valence electrons. The molecule has 1 aromatic rings. The van der Waals surface area contributed by atoms with Gasteiger partial charge in [-0.3, -0.25) is 0 Å². The molecule has 0 saturated carbocycles. The molecule has 2 rings (SSSR count). The van der Waals surface area contributed by atoms with Gasteiger partial charge >= 0.3 is 0 Å². The summed E-state index contributed by atoms with van der Waals surface area (Å²) in [5, 5.41) is 0. The fraction of sp³-hybridized carbons (Fsp3) is 0.500. The normalized spacial score (nSPS) is 17.8. The maximum absolute atomic E-state index is 12.4. The Labute approximate surface area is 120 Å². The molecule has 1 aliphatic heterocycles. The van der Waals surface area contributed by atoms with Crippen molar-refractivity contribution in [2.24, 2.45) is 0 Å².